The lowest BCUT2D eigenvalue weighted by Gasteiger charge is -2.22. The van der Waals surface area contributed by atoms with Gasteiger partial charge in [0, 0.05) is 12.1 Å². The number of para-hydroxylation sites is 1. The van der Waals surface area contributed by atoms with Crippen LogP contribution in [-0.4, -0.2) is 15.8 Å². The standard InChI is InChI=1S/C20H20N4O2/c1-13-10-16-18(17(25)11-13)19(22-14-6-3-2-4-7-14)24-20(23-16)21-12-15-8-5-9-26-15/h2-9,13H,10-12H2,1H3,(H2,21,22,23,24). The predicted octanol–water partition coefficient (Wildman–Crippen LogP) is 4.19. The molecular formula is C20H20N4O2. The molecule has 6 nitrogen and oxygen atoms in total. The summed E-state index contributed by atoms with van der Waals surface area (Å²) in [6.07, 6.45) is 2.93. The maximum atomic E-state index is 12.6. The van der Waals surface area contributed by atoms with E-state index in [4.69, 9.17) is 4.42 Å². The van der Waals surface area contributed by atoms with E-state index >= 15 is 0 Å². The molecule has 1 unspecified atom stereocenters. The number of Topliss-reactive ketones (excluding diaryl/α,β-unsaturated/α-hetero) is 1. The first-order valence-corrected chi connectivity index (χ1v) is 8.71. The molecular weight excluding hydrogens is 328 g/mol. The first-order chi connectivity index (χ1) is 12.7. The van der Waals surface area contributed by atoms with Gasteiger partial charge in [-0.05, 0) is 36.6 Å². The normalized spacial score (nSPS) is 16.2. The predicted molar refractivity (Wildman–Crippen MR) is 99.6 cm³/mol. The summed E-state index contributed by atoms with van der Waals surface area (Å²) in [6.45, 7) is 2.56. The lowest BCUT2D eigenvalue weighted by atomic mass is 9.87. The van der Waals surface area contributed by atoms with Crippen molar-refractivity contribution in [2.45, 2.75) is 26.3 Å². The number of aromatic nitrogens is 2. The molecule has 2 heterocycles. The van der Waals surface area contributed by atoms with Crippen LogP contribution in [0, 0.1) is 5.92 Å². The lowest BCUT2D eigenvalue weighted by molar-refractivity contribution is 0.0952. The zero-order chi connectivity index (χ0) is 17.9. The molecule has 0 radical (unpaired) electrons. The molecule has 1 aliphatic rings. The Morgan fingerprint density at radius 2 is 1.96 bits per heavy atom. The fraction of sp³-hybridized carbons (Fsp3) is 0.250. The van der Waals surface area contributed by atoms with E-state index in [0.717, 1.165) is 23.6 Å². The van der Waals surface area contributed by atoms with E-state index in [0.29, 0.717) is 30.3 Å². The van der Waals surface area contributed by atoms with E-state index < -0.39 is 0 Å². The number of furan rings is 1. The van der Waals surface area contributed by atoms with E-state index in [2.05, 4.69) is 27.5 Å². The Balaban J connectivity index is 1.68. The van der Waals surface area contributed by atoms with E-state index in [1.165, 1.54) is 0 Å². The maximum Gasteiger partial charge on any atom is 0.225 e. The van der Waals surface area contributed by atoms with Gasteiger partial charge in [-0.1, -0.05) is 25.1 Å². The second-order valence-electron chi connectivity index (χ2n) is 6.58. The lowest BCUT2D eigenvalue weighted by Crippen LogP contribution is -2.22. The monoisotopic (exact) mass is 348 g/mol. The highest BCUT2D eigenvalue weighted by molar-refractivity contribution is 6.03. The molecule has 4 rings (SSSR count). The van der Waals surface area contributed by atoms with Crippen molar-refractivity contribution in [3.05, 3.63) is 65.7 Å². The van der Waals surface area contributed by atoms with Gasteiger partial charge in [0.1, 0.15) is 11.6 Å². The van der Waals surface area contributed by atoms with Crippen molar-refractivity contribution in [1.29, 1.82) is 0 Å². The van der Waals surface area contributed by atoms with Gasteiger partial charge in [-0.3, -0.25) is 4.79 Å². The molecule has 2 N–H and O–H groups in total. The minimum atomic E-state index is 0.0924. The molecule has 0 saturated carbocycles. The average molecular weight is 348 g/mol. The van der Waals surface area contributed by atoms with Crippen LogP contribution in [0.5, 0.6) is 0 Å². The summed E-state index contributed by atoms with van der Waals surface area (Å²) >= 11 is 0. The summed E-state index contributed by atoms with van der Waals surface area (Å²) in [7, 11) is 0. The van der Waals surface area contributed by atoms with Crippen molar-refractivity contribution in [2.75, 3.05) is 10.6 Å². The van der Waals surface area contributed by atoms with E-state index in [-0.39, 0.29) is 11.7 Å². The van der Waals surface area contributed by atoms with Gasteiger partial charge < -0.3 is 15.1 Å². The minimum Gasteiger partial charge on any atom is -0.467 e. The topological polar surface area (TPSA) is 80.1 Å². The van der Waals surface area contributed by atoms with Crippen molar-refractivity contribution >= 4 is 23.2 Å². The van der Waals surface area contributed by atoms with Gasteiger partial charge in [0.25, 0.3) is 0 Å². The fourth-order valence-electron chi connectivity index (χ4n) is 3.18. The summed E-state index contributed by atoms with van der Waals surface area (Å²) in [4.78, 5) is 21.8. The van der Waals surface area contributed by atoms with Crippen LogP contribution in [0.3, 0.4) is 0 Å². The Hall–Kier alpha value is -3.15. The number of rotatable bonds is 5. The Kier molecular flexibility index (Phi) is 4.39. The van der Waals surface area contributed by atoms with Crippen LogP contribution in [0.1, 0.15) is 35.2 Å². The van der Waals surface area contributed by atoms with Gasteiger partial charge in [-0.15, -0.1) is 0 Å². The van der Waals surface area contributed by atoms with Crippen LogP contribution in [0.15, 0.2) is 53.1 Å². The molecule has 1 aromatic carbocycles. The van der Waals surface area contributed by atoms with Gasteiger partial charge in [0.05, 0.1) is 24.1 Å². The number of ketones is 1. The van der Waals surface area contributed by atoms with Gasteiger partial charge in [-0.25, -0.2) is 4.98 Å². The summed E-state index contributed by atoms with van der Waals surface area (Å²) in [5.74, 6) is 2.22. The molecule has 0 bridgehead atoms. The summed E-state index contributed by atoms with van der Waals surface area (Å²) in [6, 6.07) is 13.4. The van der Waals surface area contributed by atoms with Crippen LogP contribution in [0.25, 0.3) is 0 Å². The van der Waals surface area contributed by atoms with Crippen molar-refractivity contribution in [2.24, 2.45) is 5.92 Å². The molecule has 0 amide bonds. The molecule has 132 valence electrons. The van der Waals surface area contributed by atoms with Crippen molar-refractivity contribution in [3.63, 3.8) is 0 Å². The molecule has 1 aliphatic carbocycles. The number of nitrogens with one attached hydrogen (secondary N) is 2. The van der Waals surface area contributed by atoms with Crippen LogP contribution in [0.4, 0.5) is 17.5 Å². The number of anilines is 3. The van der Waals surface area contributed by atoms with Gasteiger partial charge in [-0.2, -0.15) is 4.98 Å². The molecule has 0 spiro atoms. The summed E-state index contributed by atoms with van der Waals surface area (Å²) < 4.78 is 5.34. The maximum absolute atomic E-state index is 12.6. The summed E-state index contributed by atoms with van der Waals surface area (Å²) in [5.41, 5.74) is 2.29. The Morgan fingerprint density at radius 1 is 1.12 bits per heavy atom. The molecule has 3 aromatic rings. The average Bonchev–Trinajstić information content (AvgIpc) is 3.13. The third-order valence-electron chi connectivity index (χ3n) is 4.38. The fourth-order valence-corrected chi connectivity index (χ4v) is 3.18. The Morgan fingerprint density at radius 3 is 2.73 bits per heavy atom. The number of benzene rings is 1. The minimum absolute atomic E-state index is 0.0924. The number of carbonyl (C=O) groups excluding carboxylic acids is 1. The molecule has 0 saturated heterocycles. The number of hydrogen-bond acceptors (Lipinski definition) is 6. The van der Waals surface area contributed by atoms with Crippen LogP contribution >= 0.6 is 0 Å². The number of carbonyl (C=O) groups is 1. The largest absolute Gasteiger partial charge is 0.467 e. The van der Waals surface area contributed by atoms with Crippen LogP contribution in [0.2, 0.25) is 0 Å². The van der Waals surface area contributed by atoms with Crippen LogP contribution in [-0.2, 0) is 13.0 Å². The zero-order valence-electron chi connectivity index (χ0n) is 14.5. The quantitative estimate of drug-likeness (QED) is 0.720. The molecule has 0 aliphatic heterocycles. The molecule has 2 aromatic heterocycles. The SMILES string of the molecule is CC1CC(=O)c2c(nc(NCc3ccco3)nc2Nc2ccccc2)C1. The van der Waals surface area contributed by atoms with Gasteiger partial charge in [0.2, 0.25) is 5.95 Å². The highest BCUT2D eigenvalue weighted by Gasteiger charge is 2.28. The molecule has 6 heteroatoms. The van der Waals surface area contributed by atoms with E-state index in [1.807, 2.05) is 42.5 Å². The third kappa shape index (κ3) is 3.44. The Bertz CT molecular complexity index is 907. The second-order valence-corrected chi connectivity index (χ2v) is 6.58. The Labute approximate surface area is 151 Å². The smallest absolute Gasteiger partial charge is 0.225 e. The first-order valence-electron chi connectivity index (χ1n) is 8.71. The van der Waals surface area contributed by atoms with Crippen molar-refractivity contribution in [1.82, 2.24) is 9.97 Å². The van der Waals surface area contributed by atoms with Crippen molar-refractivity contribution < 1.29 is 9.21 Å². The highest BCUT2D eigenvalue weighted by Crippen LogP contribution is 2.31. The number of fused-ring (bicyclic) bond motifs is 1. The number of hydrogen-bond donors (Lipinski definition) is 2. The number of nitrogens with zero attached hydrogens (tertiary/aromatic N) is 2. The zero-order valence-corrected chi connectivity index (χ0v) is 14.5. The molecule has 0 fully saturated rings. The third-order valence-corrected chi connectivity index (χ3v) is 4.38. The van der Waals surface area contributed by atoms with Gasteiger partial charge >= 0.3 is 0 Å². The highest BCUT2D eigenvalue weighted by atomic mass is 16.3. The summed E-state index contributed by atoms with van der Waals surface area (Å²) in [5, 5.41) is 6.46. The van der Waals surface area contributed by atoms with E-state index in [9.17, 15) is 4.79 Å². The second kappa shape index (κ2) is 7.00. The van der Waals surface area contributed by atoms with E-state index in [1.54, 1.807) is 6.26 Å². The molecule has 1 atom stereocenters. The van der Waals surface area contributed by atoms with Crippen molar-refractivity contribution in [3.8, 4) is 0 Å². The first kappa shape index (κ1) is 16.3. The van der Waals surface area contributed by atoms with Gasteiger partial charge in [0.15, 0.2) is 5.78 Å². The molecule has 26 heavy (non-hydrogen) atoms. The van der Waals surface area contributed by atoms with Crippen LogP contribution < -0.4 is 10.6 Å².